The maximum Gasteiger partial charge on any atom is 0.264 e. The standard InChI is InChI=1S/C12H10BrCl2N3O2S/c13-8-2-1-5-17-12(8)18-21(19,20)10-4-3-9(14)7(6-16)11(10)15/h1-5H,6,16H2,(H,17,18). The Labute approximate surface area is 140 Å². The van der Waals surface area contributed by atoms with Crippen molar-refractivity contribution in [2.24, 2.45) is 5.73 Å². The number of nitrogens with zero attached hydrogens (tertiary/aromatic N) is 1. The lowest BCUT2D eigenvalue weighted by atomic mass is 10.2. The highest BCUT2D eigenvalue weighted by atomic mass is 79.9. The zero-order valence-corrected chi connectivity index (χ0v) is 14.4. The Hall–Kier alpha value is -0.860. The van der Waals surface area contributed by atoms with Gasteiger partial charge in [0.2, 0.25) is 0 Å². The second-order valence-electron chi connectivity index (χ2n) is 3.98. The van der Waals surface area contributed by atoms with Crippen LogP contribution < -0.4 is 10.5 Å². The van der Waals surface area contributed by atoms with Gasteiger partial charge in [0, 0.05) is 23.3 Å². The van der Waals surface area contributed by atoms with E-state index in [9.17, 15) is 8.42 Å². The van der Waals surface area contributed by atoms with Crippen molar-refractivity contribution < 1.29 is 8.42 Å². The van der Waals surface area contributed by atoms with Crippen LogP contribution in [-0.4, -0.2) is 13.4 Å². The molecule has 0 aliphatic heterocycles. The summed E-state index contributed by atoms with van der Waals surface area (Å²) in [5.74, 6) is 0.165. The number of anilines is 1. The number of rotatable bonds is 4. The van der Waals surface area contributed by atoms with Gasteiger partial charge in [-0.1, -0.05) is 23.2 Å². The van der Waals surface area contributed by atoms with Gasteiger partial charge in [-0.05, 0) is 40.2 Å². The Kier molecular flexibility index (Phi) is 5.11. The van der Waals surface area contributed by atoms with Gasteiger partial charge in [0.05, 0.1) is 9.50 Å². The number of aromatic nitrogens is 1. The summed E-state index contributed by atoms with van der Waals surface area (Å²) in [5, 5.41) is 0.324. The van der Waals surface area contributed by atoms with Crippen LogP contribution in [0.1, 0.15) is 5.56 Å². The second kappa shape index (κ2) is 6.50. The largest absolute Gasteiger partial charge is 0.326 e. The van der Waals surface area contributed by atoms with E-state index in [1.807, 2.05) is 0 Å². The minimum absolute atomic E-state index is 0.00422. The lowest BCUT2D eigenvalue weighted by Crippen LogP contribution is -2.16. The first-order valence-corrected chi connectivity index (χ1v) is 8.70. The summed E-state index contributed by atoms with van der Waals surface area (Å²) >= 11 is 15.2. The Morgan fingerprint density at radius 1 is 1.29 bits per heavy atom. The lowest BCUT2D eigenvalue weighted by Gasteiger charge is -2.12. The molecule has 0 amide bonds. The van der Waals surface area contributed by atoms with Crippen molar-refractivity contribution in [1.29, 1.82) is 0 Å². The molecule has 0 bridgehead atoms. The van der Waals surface area contributed by atoms with Crippen LogP contribution in [-0.2, 0) is 16.6 Å². The molecule has 1 heterocycles. The molecule has 0 unspecified atom stereocenters. The third-order valence-electron chi connectivity index (χ3n) is 2.63. The predicted molar refractivity (Wildman–Crippen MR) is 87.1 cm³/mol. The van der Waals surface area contributed by atoms with Crippen molar-refractivity contribution in [3.63, 3.8) is 0 Å². The molecule has 21 heavy (non-hydrogen) atoms. The van der Waals surface area contributed by atoms with E-state index >= 15 is 0 Å². The first-order chi connectivity index (χ1) is 9.86. The van der Waals surface area contributed by atoms with Crippen LogP contribution in [0.4, 0.5) is 5.82 Å². The summed E-state index contributed by atoms with van der Waals surface area (Å²) in [5.41, 5.74) is 5.91. The van der Waals surface area contributed by atoms with Gasteiger partial charge in [-0.25, -0.2) is 13.4 Å². The van der Waals surface area contributed by atoms with Gasteiger partial charge in [-0.15, -0.1) is 0 Å². The van der Waals surface area contributed by atoms with E-state index in [0.29, 0.717) is 15.1 Å². The first-order valence-electron chi connectivity index (χ1n) is 5.67. The van der Waals surface area contributed by atoms with Gasteiger partial charge in [0.15, 0.2) is 5.82 Å². The van der Waals surface area contributed by atoms with Crippen LogP contribution in [0.5, 0.6) is 0 Å². The minimum atomic E-state index is -3.90. The van der Waals surface area contributed by atoms with Crippen molar-refractivity contribution >= 4 is 55.0 Å². The van der Waals surface area contributed by atoms with E-state index in [-0.39, 0.29) is 22.3 Å². The SMILES string of the molecule is NCc1c(Cl)ccc(S(=O)(=O)Nc2ncccc2Br)c1Cl. The molecule has 1 aromatic carbocycles. The number of nitrogens with two attached hydrogens (primary N) is 1. The summed E-state index contributed by atoms with van der Waals surface area (Å²) in [6.07, 6.45) is 1.47. The Balaban J connectivity index is 2.48. The van der Waals surface area contributed by atoms with Crippen molar-refractivity contribution in [2.75, 3.05) is 4.72 Å². The van der Waals surface area contributed by atoms with E-state index < -0.39 is 10.0 Å². The predicted octanol–water partition coefficient (Wildman–Crippen LogP) is 3.41. The number of pyridine rings is 1. The van der Waals surface area contributed by atoms with Gasteiger partial charge in [0.1, 0.15) is 4.90 Å². The Morgan fingerprint density at radius 3 is 2.62 bits per heavy atom. The molecule has 9 heteroatoms. The molecule has 3 N–H and O–H groups in total. The second-order valence-corrected chi connectivity index (χ2v) is 7.27. The molecular formula is C12H10BrCl2N3O2S. The first kappa shape index (κ1) is 16.5. The molecule has 0 atom stereocenters. The van der Waals surface area contributed by atoms with E-state index in [2.05, 4.69) is 25.6 Å². The fourth-order valence-electron chi connectivity index (χ4n) is 1.61. The number of hydrogen-bond acceptors (Lipinski definition) is 4. The highest BCUT2D eigenvalue weighted by Crippen LogP contribution is 2.32. The fraction of sp³-hybridized carbons (Fsp3) is 0.0833. The molecule has 2 rings (SSSR count). The highest BCUT2D eigenvalue weighted by molar-refractivity contribution is 9.10. The van der Waals surface area contributed by atoms with Gasteiger partial charge in [0.25, 0.3) is 10.0 Å². The molecule has 0 aliphatic carbocycles. The highest BCUT2D eigenvalue weighted by Gasteiger charge is 2.22. The quantitative estimate of drug-likeness (QED) is 0.808. The van der Waals surface area contributed by atoms with Crippen molar-refractivity contribution in [2.45, 2.75) is 11.4 Å². The molecule has 0 saturated heterocycles. The Bertz CT molecular complexity index is 784. The van der Waals surface area contributed by atoms with Crippen LogP contribution in [0.2, 0.25) is 10.0 Å². The summed E-state index contributed by atoms with van der Waals surface area (Å²) in [4.78, 5) is 3.84. The molecule has 112 valence electrons. The zero-order valence-electron chi connectivity index (χ0n) is 10.5. The maximum absolute atomic E-state index is 12.4. The van der Waals surface area contributed by atoms with Crippen molar-refractivity contribution in [1.82, 2.24) is 4.98 Å². The van der Waals surface area contributed by atoms with Gasteiger partial charge in [-0.2, -0.15) is 0 Å². The summed E-state index contributed by atoms with van der Waals surface area (Å²) in [6.45, 7) is 0.0360. The van der Waals surface area contributed by atoms with E-state index in [4.69, 9.17) is 28.9 Å². The summed E-state index contributed by atoms with van der Waals surface area (Å²) in [6, 6.07) is 6.10. The van der Waals surface area contributed by atoms with Crippen molar-refractivity contribution in [3.8, 4) is 0 Å². The third kappa shape index (κ3) is 3.49. The number of nitrogens with one attached hydrogen (secondary N) is 1. The lowest BCUT2D eigenvalue weighted by molar-refractivity contribution is 0.601. The average Bonchev–Trinajstić information content (AvgIpc) is 2.41. The minimum Gasteiger partial charge on any atom is -0.326 e. The number of halogens is 3. The van der Waals surface area contributed by atoms with Crippen LogP contribution >= 0.6 is 39.1 Å². The third-order valence-corrected chi connectivity index (χ3v) is 5.55. The van der Waals surface area contributed by atoms with E-state index in [1.165, 1.54) is 18.3 Å². The van der Waals surface area contributed by atoms with Crippen LogP contribution in [0.15, 0.2) is 39.8 Å². The fourth-order valence-corrected chi connectivity index (χ4v) is 4.06. The molecule has 0 aliphatic rings. The maximum atomic E-state index is 12.4. The molecule has 0 saturated carbocycles. The van der Waals surface area contributed by atoms with Crippen molar-refractivity contribution in [3.05, 3.63) is 50.5 Å². The van der Waals surface area contributed by atoms with Crippen LogP contribution in [0.3, 0.4) is 0 Å². The van der Waals surface area contributed by atoms with Gasteiger partial charge < -0.3 is 5.73 Å². The number of benzene rings is 1. The van der Waals surface area contributed by atoms with Crippen LogP contribution in [0.25, 0.3) is 0 Å². The number of sulfonamides is 1. The zero-order chi connectivity index (χ0) is 15.6. The molecular weight excluding hydrogens is 401 g/mol. The molecule has 5 nitrogen and oxygen atoms in total. The molecule has 0 spiro atoms. The molecule has 1 aromatic heterocycles. The summed E-state index contributed by atoms with van der Waals surface area (Å²) in [7, 11) is -3.90. The van der Waals surface area contributed by atoms with Crippen LogP contribution in [0, 0.1) is 0 Å². The van der Waals surface area contributed by atoms with Gasteiger partial charge >= 0.3 is 0 Å². The normalized spacial score (nSPS) is 11.4. The van der Waals surface area contributed by atoms with E-state index in [1.54, 1.807) is 12.1 Å². The molecule has 0 radical (unpaired) electrons. The Morgan fingerprint density at radius 2 is 2.00 bits per heavy atom. The molecule has 0 fully saturated rings. The number of hydrogen-bond donors (Lipinski definition) is 2. The topological polar surface area (TPSA) is 85.1 Å². The smallest absolute Gasteiger partial charge is 0.264 e. The molecule has 2 aromatic rings. The van der Waals surface area contributed by atoms with Gasteiger partial charge in [-0.3, -0.25) is 4.72 Å². The average molecular weight is 411 g/mol. The summed E-state index contributed by atoms with van der Waals surface area (Å²) < 4.78 is 27.7. The monoisotopic (exact) mass is 409 g/mol. The van der Waals surface area contributed by atoms with E-state index in [0.717, 1.165) is 0 Å².